The van der Waals surface area contributed by atoms with Crippen molar-refractivity contribution in [3.8, 4) is 0 Å². The molecular weight excluding hydrogens is 294 g/mol. The number of aromatic nitrogens is 3. The minimum absolute atomic E-state index is 0.0682. The summed E-state index contributed by atoms with van der Waals surface area (Å²) in [5, 5.41) is 18.4. The van der Waals surface area contributed by atoms with Crippen molar-refractivity contribution in [2.75, 3.05) is 12.3 Å². The van der Waals surface area contributed by atoms with Crippen molar-refractivity contribution in [3.63, 3.8) is 0 Å². The normalized spacial score (nSPS) is 21.5. The molecule has 116 valence electrons. The molecule has 1 aliphatic heterocycles. The summed E-state index contributed by atoms with van der Waals surface area (Å²) in [5.41, 5.74) is 0. The minimum atomic E-state index is -0.952. The van der Waals surface area contributed by atoms with Crippen molar-refractivity contribution in [3.05, 3.63) is 12.2 Å². The lowest BCUT2D eigenvalue weighted by molar-refractivity contribution is -0.141. The van der Waals surface area contributed by atoms with E-state index in [0.29, 0.717) is 24.5 Å². The monoisotopic (exact) mass is 313 g/mol. The van der Waals surface area contributed by atoms with Crippen LogP contribution in [-0.4, -0.2) is 60.9 Å². The van der Waals surface area contributed by atoms with Gasteiger partial charge >= 0.3 is 12.0 Å². The number of aromatic amines is 1. The molecule has 0 aliphatic carbocycles. The fourth-order valence-electron chi connectivity index (χ4n) is 2.23. The Labute approximate surface area is 126 Å². The highest BCUT2D eigenvalue weighted by molar-refractivity contribution is 8.00. The zero-order valence-electron chi connectivity index (χ0n) is 11.8. The molecule has 21 heavy (non-hydrogen) atoms. The Morgan fingerprint density at radius 2 is 2.43 bits per heavy atom. The molecule has 2 heterocycles. The fourth-order valence-corrected chi connectivity index (χ4v) is 3.74. The van der Waals surface area contributed by atoms with Crippen molar-refractivity contribution < 1.29 is 14.7 Å². The van der Waals surface area contributed by atoms with Crippen LogP contribution in [0.2, 0.25) is 0 Å². The van der Waals surface area contributed by atoms with E-state index in [0.717, 1.165) is 12.8 Å². The number of nitrogens with zero attached hydrogens (tertiary/aromatic N) is 3. The molecule has 2 atom stereocenters. The first-order chi connectivity index (χ1) is 10.1. The zero-order chi connectivity index (χ0) is 15.2. The topological polar surface area (TPSA) is 111 Å². The number of urea groups is 1. The predicted molar refractivity (Wildman–Crippen MR) is 77.9 cm³/mol. The summed E-state index contributed by atoms with van der Waals surface area (Å²) >= 11 is 1.53. The van der Waals surface area contributed by atoms with Crippen LogP contribution in [0, 0.1) is 0 Å². The highest BCUT2D eigenvalue weighted by Crippen LogP contribution is 2.32. The maximum absolute atomic E-state index is 12.3. The van der Waals surface area contributed by atoms with E-state index in [2.05, 4.69) is 20.5 Å². The number of carbonyl (C=O) groups is 2. The van der Waals surface area contributed by atoms with Crippen LogP contribution in [0.25, 0.3) is 0 Å². The highest BCUT2D eigenvalue weighted by atomic mass is 32.2. The Kier molecular flexibility index (Phi) is 5.43. The van der Waals surface area contributed by atoms with Crippen LogP contribution in [0.1, 0.15) is 25.6 Å². The second-order valence-electron chi connectivity index (χ2n) is 4.75. The summed E-state index contributed by atoms with van der Waals surface area (Å²) in [7, 11) is 0. The summed E-state index contributed by atoms with van der Waals surface area (Å²) in [5.74, 6) is 0.174. The summed E-state index contributed by atoms with van der Waals surface area (Å²) in [6.45, 7) is 2.41. The molecule has 1 saturated heterocycles. The molecule has 1 aromatic heterocycles. The van der Waals surface area contributed by atoms with Crippen LogP contribution in [0.3, 0.4) is 0 Å². The molecular formula is C12H19N5O3S. The van der Waals surface area contributed by atoms with Gasteiger partial charge in [-0.15, -0.1) is 11.8 Å². The van der Waals surface area contributed by atoms with Crippen molar-refractivity contribution >= 4 is 23.8 Å². The van der Waals surface area contributed by atoms with E-state index < -0.39 is 12.0 Å². The summed E-state index contributed by atoms with van der Waals surface area (Å²) in [4.78, 5) is 29.0. The molecule has 1 aliphatic rings. The Hall–Kier alpha value is -1.77. The van der Waals surface area contributed by atoms with Crippen molar-refractivity contribution in [1.82, 2.24) is 25.4 Å². The maximum Gasteiger partial charge on any atom is 0.327 e. The van der Waals surface area contributed by atoms with E-state index >= 15 is 0 Å². The number of carboxylic acid groups (broad SMARTS) is 1. The molecule has 8 nitrogen and oxygen atoms in total. The number of nitrogens with one attached hydrogen (secondary N) is 2. The molecule has 3 N–H and O–H groups in total. The Morgan fingerprint density at radius 3 is 3.05 bits per heavy atom. The number of thioether (sulfide) groups is 1. The SMILES string of the molecule is CCCC1SCC(C(=O)O)N1C(=O)NCCc1ncn[nH]1. The smallest absolute Gasteiger partial charge is 0.327 e. The number of rotatable bonds is 6. The Morgan fingerprint density at radius 1 is 1.62 bits per heavy atom. The third kappa shape index (κ3) is 3.87. The fraction of sp³-hybridized carbons (Fsp3) is 0.667. The molecule has 0 saturated carbocycles. The first-order valence-corrected chi connectivity index (χ1v) is 7.93. The van der Waals surface area contributed by atoms with Crippen LogP contribution in [0.5, 0.6) is 0 Å². The lowest BCUT2D eigenvalue weighted by atomic mass is 10.2. The first-order valence-electron chi connectivity index (χ1n) is 6.88. The number of amides is 2. The second-order valence-corrected chi connectivity index (χ2v) is 5.96. The van der Waals surface area contributed by atoms with E-state index in [1.165, 1.54) is 23.0 Å². The number of carbonyl (C=O) groups excluding carboxylic acids is 1. The number of hydrogen-bond acceptors (Lipinski definition) is 5. The Balaban J connectivity index is 1.91. The average molecular weight is 313 g/mol. The van der Waals surface area contributed by atoms with Gasteiger partial charge in [0.25, 0.3) is 0 Å². The van der Waals surface area contributed by atoms with Gasteiger partial charge in [-0.2, -0.15) is 5.10 Å². The quantitative estimate of drug-likeness (QED) is 0.712. The van der Waals surface area contributed by atoms with Crippen molar-refractivity contribution in [1.29, 1.82) is 0 Å². The van der Waals surface area contributed by atoms with E-state index in [9.17, 15) is 14.7 Å². The molecule has 9 heteroatoms. The molecule has 0 bridgehead atoms. The molecule has 1 fully saturated rings. The van der Waals surface area contributed by atoms with E-state index in [4.69, 9.17) is 0 Å². The van der Waals surface area contributed by atoms with Gasteiger partial charge in [-0.25, -0.2) is 14.6 Å². The van der Waals surface area contributed by atoms with Gasteiger partial charge in [-0.3, -0.25) is 10.00 Å². The van der Waals surface area contributed by atoms with E-state index in [-0.39, 0.29) is 11.4 Å². The average Bonchev–Trinajstić information content (AvgIpc) is 3.08. The van der Waals surface area contributed by atoms with Gasteiger partial charge in [0.05, 0.1) is 5.37 Å². The summed E-state index contributed by atoms with van der Waals surface area (Å²) in [6.07, 6.45) is 3.64. The van der Waals surface area contributed by atoms with Crippen LogP contribution in [0.4, 0.5) is 4.79 Å². The molecule has 1 aromatic rings. The third-order valence-corrected chi connectivity index (χ3v) is 4.61. The highest BCUT2D eigenvalue weighted by Gasteiger charge is 2.41. The number of carboxylic acids is 1. The van der Waals surface area contributed by atoms with Crippen LogP contribution >= 0.6 is 11.8 Å². The molecule has 2 unspecified atom stereocenters. The molecule has 0 radical (unpaired) electrons. The lowest BCUT2D eigenvalue weighted by Crippen LogP contribution is -2.50. The first kappa shape index (κ1) is 15.6. The van der Waals surface area contributed by atoms with Gasteiger partial charge in [0.1, 0.15) is 18.2 Å². The van der Waals surface area contributed by atoms with Gasteiger partial charge in [0.15, 0.2) is 0 Å². The van der Waals surface area contributed by atoms with Crippen LogP contribution in [-0.2, 0) is 11.2 Å². The number of hydrogen-bond donors (Lipinski definition) is 3. The Bertz CT molecular complexity index is 481. The van der Waals surface area contributed by atoms with Gasteiger partial charge in [-0.05, 0) is 6.42 Å². The van der Waals surface area contributed by atoms with Gasteiger partial charge in [0.2, 0.25) is 0 Å². The minimum Gasteiger partial charge on any atom is -0.480 e. The molecule has 0 aromatic carbocycles. The molecule has 0 spiro atoms. The van der Waals surface area contributed by atoms with E-state index in [1.807, 2.05) is 6.92 Å². The summed E-state index contributed by atoms with van der Waals surface area (Å²) < 4.78 is 0. The zero-order valence-corrected chi connectivity index (χ0v) is 12.6. The van der Waals surface area contributed by atoms with Crippen molar-refractivity contribution in [2.24, 2.45) is 0 Å². The molecule has 2 amide bonds. The van der Waals surface area contributed by atoms with Gasteiger partial charge in [-0.1, -0.05) is 13.3 Å². The van der Waals surface area contributed by atoms with Crippen molar-refractivity contribution in [2.45, 2.75) is 37.6 Å². The predicted octanol–water partition coefficient (Wildman–Crippen LogP) is 0.685. The van der Waals surface area contributed by atoms with E-state index in [1.54, 1.807) is 0 Å². The van der Waals surface area contributed by atoms with Gasteiger partial charge < -0.3 is 10.4 Å². The lowest BCUT2D eigenvalue weighted by Gasteiger charge is -2.27. The number of aliphatic carboxylic acids is 1. The van der Waals surface area contributed by atoms with Crippen LogP contribution < -0.4 is 5.32 Å². The van der Waals surface area contributed by atoms with Gasteiger partial charge in [0, 0.05) is 18.7 Å². The second kappa shape index (κ2) is 7.30. The maximum atomic E-state index is 12.3. The molecule has 2 rings (SSSR count). The largest absolute Gasteiger partial charge is 0.480 e. The standard InChI is InChI=1S/C12H19N5O3S/c1-2-3-10-17(8(6-21-10)11(18)19)12(20)13-5-4-9-14-7-15-16-9/h7-8,10H,2-6H2,1H3,(H,13,20)(H,18,19)(H,14,15,16). The van der Waals surface area contributed by atoms with Crippen LogP contribution in [0.15, 0.2) is 6.33 Å². The number of H-pyrrole nitrogens is 1. The summed E-state index contributed by atoms with van der Waals surface area (Å²) in [6, 6.07) is -1.08. The third-order valence-electron chi connectivity index (χ3n) is 3.25.